The molecule has 2 amide bonds. The van der Waals surface area contributed by atoms with Crippen molar-refractivity contribution in [2.45, 2.75) is 19.9 Å². The molecule has 1 aromatic carbocycles. The van der Waals surface area contributed by atoms with Gasteiger partial charge in [-0.25, -0.2) is 4.79 Å². The molecule has 1 aromatic rings. The molecule has 1 aliphatic heterocycles. The van der Waals surface area contributed by atoms with E-state index in [2.05, 4.69) is 12.2 Å². The van der Waals surface area contributed by atoms with Gasteiger partial charge in [0, 0.05) is 25.3 Å². The number of nitrogens with zero attached hydrogens (tertiary/aromatic N) is 1. The second-order valence-corrected chi connectivity index (χ2v) is 4.67. The molecule has 0 bridgehead atoms. The number of hydrogen-bond acceptors (Lipinski definition) is 2. The molecule has 2 rings (SSSR count). The summed E-state index contributed by atoms with van der Waals surface area (Å²) in [5.74, 6) is 0.611. The topological polar surface area (TPSA) is 58.4 Å². The fourth-order valence-corrected chi connectivity index (χ4v) is 2.05. The normalized spacial score (nSPS) is 19.4. The Labute approximate surface area is 102 Å². The first-order chi connectivity index (χ1) is 8.19. The van der Waals surface area contributed by atoms with Gasteiger partial charge in [0.2, 0.25) is 0 Å². The number of carbonyl (C=O) groups excluding carboxylic acids is 1. The summed E-state index contributed by atoms with van der Waals surface area (Å²) < 4.78 is 0. The van der Waals surface area contributed by atoms with Crippen molar-refractivity contribution in [1.29, 1.82) is 0 Å². The molecular weight excluding hydrogens is 214 g/mol. The highest BCUT2D eigenvalue weighted by atomic mass is 16.2. The van der Waals surface area contributed by atoms with E-state index in [9.17, 15) is 4.79 Å². The molecule has 0 aromatic heterocycles. The fraction of sp³-hybridized carbons (Fsp3) is 0.462. The number of likely N-dealkylation sites (tertiary alicyclic amines) is 1. The molecule has 1 atom stereocenters. The van der Waals surface area contributed by atoms with Crippen LogP contribution < -0.4 is 11.1 Å². The number of carbonyl (C=O) groups is 1. The van der Waals surface area contributed by atoms with E-state index in [4.69, 9.17) is 5.73 Å². The summed E-state index contributed by atoms with van der Waals surface area (Å²) in [4.78, 5) is 13.8. The summed E-state index contributed by atoms with van der Waals surface area (Å²) in [5.41, 5.74) is 7.41. The van der Waals surface area contributed by atoms with Crippen molar-refractivity contribution in [3.05, 3.63) is 29.8 Å². The Morgan fingerprint density at radius 3 is 2.71 bits per heavy atom. The molecule has 1 fully saturated rings. The van der Waals surface area contributed by atoms with Crippen molar-refractivity contribution in [3.8, 4) is 0 Å². The first kappa shape index (κ1) is 11.9. The van der Waals surface area contributed by atoms with Crippen LogP contribution >= 0.6 is 0 Å². The summed E-state index contributed by atoms with van der Waals surface area (Å²) in [7, 11) is 0. The third-order valence-electron chi connectivity index (χ3n) is 3.15. The fourth-order valence-electron chi connectivity index (χ4n) is 2.05. The van der Waals surface area contributed by atoms with Gasteiger partial charge in [-0.1, -0.05) is 19.1 Å². The lowest BCUT2D eigenvalue weighted by Crippen LogP contribution is -2.32. The predicted molar refractivity (Wildman–Crippen MR) is 68.7 cm³/mol. The van der Waals surface area contributed by atoms with E-state index < -0.39 is 0 Å². The van der Waals surface area contributed by atoms with Crippen molar-refractivity contribution < 1.29 is 4.79 Å². The SMILES string of the molecule is CC1CCN(C(=O)Nc2ccc(CN)cc2)C1. The third kappa shape index (κ3) is 2.97. The first-order valence-corrected chi connectivity index (χ1v) is 6.04. The summed E-state index contributed by atoms with van der Waals surface area (Å²) >= 11 is 0. The van der Waals surface area contributed by atoms with Gasteiger partial charge in [-0.2, -0.15) is 0 Å². The van der Waals surface area contributed by atoms with Crippen LogP contribution in [-0.2, 0) is 6.54 Å². The Morgan fingerprint density at radius 2 is 2.18 bits per heavy atom. The van der Waals surface area contributed by atoms with Crippen LogP contribution in [0.5, 0.6) is 0 Å². The number of anilines is 1. The third-order valence-corrected chi connectivity index (χ3v) is 3.15. The number of amides is 2. The van der Waals surface area contributed by atoms with E-state index in [-0.39, 0.29) is 6.03 Å². The molecule has 92 valence electrons. The zero-order chi connectivity index (χ0) is 12.3. The highest BCUT2D eigenvalue weighted by Gasteiger charge is 2.22. The van der Waals surface area contributed by atoms with Crippen LogP contribution in [0.2, 0.25) is 0 Å². The van der Waals surface area contributed by atoms with Gasteiger partial charge in [0.25, 0.3) is 0 Å². The van der Waals surface area contributed by atoms with Crippen LogP contribution in [0.1, 0.15) is 18.9 Å². The second-order valence-electron chi connectivity index (χ2n) is 4.67. The van der Waals surface area contributed by atoms with Crippen molar-refractivity contribution in [2.75, 3.05) is 18.4 Å². The zero-order valence-electron chi connectivity index (χ0n) is 10.1. The number of urea groups is 1. The molecule has 1 aliphatic rings. The standard InChI is InChI=1S/C13H19N3O/c1-10-6-7-16(9-10)13(17)15-12-4-2-11(8-14)3-5-12/h2-5,10H,6-9,14H2,1H3,(H,15,17). The molecule has 1 unspecified atom stereocenters. The van der Waals surface area contributed by atoms with E-state index in [1.807, 2.05) is 29.2 Å². The molecule has 0 aliphatic carbocycles. The minimum absolute atomic E-state index is 0.00477. The lowest BCUT2D eigenvalue weighted by Gasteiger charge is -2.16. The summed E-state index contributed by atoms with van der Waals surface area (Å²) in [6, 6.07) is 7.64. The average Bonchev–Trinajstić information content (AvgIpc) is 2.77. The van der Waals surface area contributed by atoms with Gasteiger partial charge in [0.1, 0.15) is 0 Å². The van der Waals surface area contributed by atoms with Gasteiger partial charge < -0.3 is 16.0 Å². The number of nitrogens with one attached hydrogen (secondary N) is 1. The van der Waals surface area contributed by atoms with Crippen LogP contribution in [0.25, 0.3) is 0 Å². The quantitative estimate of drug-likeness (QED) is 0.821. The maximum atomic E-state index is 11.9. The zero-order valence-corrected chi connectivity index (χ0v) is 10.1. The van der Waals surface area contributed by atoms with Crippen LogP contribution in [0.3, 0.4) is 0 Å². The molecule has 1 heterocycles. The largest absolute Gasteiger partial charge is 0.326 e. The number of hydrogen-bond donors (Lipinski definition) is 2. The van der Waals surface area contributed by atoms with Crippen LogP contribution in [0.15, 0.2) is 24.3 Å². The van der Waals surface area contributed by atoms with Gasteiger partial charge in [-0.3, -0.25) is 0 Å². The maximum absolute atomic E-state index is 11.9. The Kier molecular flexibility index (Phi) is 3.64. The molecule has 4 heteroatoms. The van der Waals surface area contributed by atoms with Crippen LogP contribution in [0, 0.1) is 5.92 Å². The van der Waals surface area contributed by atoms with E-state index >= 15 is 0 Å². The van der Waals surface area contributed by atoms with Gasteiger partial charge in [-0.05, 0) is 30.0 Å². The van der Waals surface area contributed by atoms with Gasteiger partial charge in [0.15, 0.2) is 0 Å². The van der Waals surface area contributed by atoms with E-state index in [1.54, 1.807) is 0 Å². The number of nitrogens with two attached hydrogens (primary N) is 1. The van der Waals surface area contributed by atoms with Crippen molar-refractivity contribution in [1.82, 2.24) is 4.90 Å². The van der Waals surface area contributed by atoms with Crippen molar-refractivity contribution in [2.24, 2.45) is 11.7 Å². The Morgan fingerprint density at radius 1 is 1.47 bits per heavy atom. The first-order valence-electron chi connectivity index (χ1n) is 6.04. The van der Waals surface area contributed by atoms with Gasteiger partial charge in [-0.15, -0.1) is 0 Å². The average molecular weight is 233 g/mol. The lowest BCUT2D eigenvalue weighted by molar-refractivity contribution is 0.221. The van der Waals surface area contributed by atoms with Gasteiger partial charge in [0.05, 0.1) is 0 Å². The summed E-state index contributed by atoms with van der Waals surface area (Å²) in [6.45, 7) is 4.40. The Balaban J connectivity index is 1.93. The molecule has 1 saturated heterocycles. The Hall–Kier alpha value is -1.55. The van der Waals surface area contributed by atoms with Crippen LogP contribution in [0.4, 0.5) is 10.5 Å². The smallest absolute Gasteiger partial charge is 0.321 e. The lowest BCUT2D eigenvalue weighted by atomic mass is 10.2. The second kappa shape index (κ2) is 5.19. The highest BCUT2D eigenvalue weighted by Crippen LogP contribution is 2.17. The minimum Gasteiger partial charge on any atom is -0.326 e. The minimum atomic E-state index is -0.00477. The van der Waals surface area contributed by atoms with Crippen molar-refractivity contribution >= 4 is 11.7 Å². The molecule has 0 spiro atoms. The molecule has 17 heavy (non-hydrogen) atoms. The molecule has 0 saturated carbocycles. The summed E-state index contributed by atoms with van der Waals surface area (Å²) in [6.07, 6.45) is 1.10. The van der Waals surface area contributed by atoms with E-state index in [1.165, 1.54) is 0 Å². The highest BCUT2D eigenvalue weighted by molar-refractivity contribution is 5.89. The molecular formula is C13H19N3O. The van der Waals surface area contributed by atoms with E-state index in [0.717, 1.165) is 30.8 Å². The van der Waals surface area contributed by atoms with Crippen LogP contribution in [-0.4, -0.2) is 24.0 Å². The molecule has 0 radical (unpaired) electrons. The number of rotatable bonds is 2. The van der Waals surface area contributed by atoms with Gasteiger partial charge >= 0.3 is 6.03 Å². The molecule has 3 N–H and O–H groups in total. The summed E-state index contributed by atoms with van der Waals surface area (Å²) in [5, 5.41) is 2.90. The Bertz CT molecular complexity index is 388. The molecule has 4 nitrogen and oxygen atoms in total. The van der Waals surface area contributed by atoms with E-state index in [0.29, 0.717) is 12.5 Å². The number of benzene rings is 1. The maximum Gasteiger partial charge on any atom is 0.321 e. The predicted octanol–water partition coefficient (Wildman–Crippen LogP) is 2.02. The monoisotopic (exact) mass is 233 g/mol. The van der Waals surface area contributed by atoms with Crippen molar-refractivity contribution in [3.63, 3.8) is 0 Å².